The van der Waals surface area contributed by atoms with Crippen molar-refractivity contribution in [1.29, 1.82) is 0 Å². The first-order valence-corrected chi connectivity index (χ1v) is 12.4. The van der Waals surface area contributed by atoms with E-state index in [9.17, 15) is 18.3 Å². The molecule has 2 aliphatic rings. The molecule has 2 heterocycles. The van der Waals surface area contributed by atoms with Gasteiger partial charge in [0.25, 0.3) is 5.91 Å². The average molecular weight is 497 g/mol. The molecular weight excluding hydrogens is 472 g/mol. The lowest BCUT2D eigenvalue weighted by Crippen LogP contribution is -2.51. The van der Waals surface area contributed by atoms with Crippen LogP contribution in [0.2, 0.25) is 5.02 Å². The van der Waals surface area contributed by atoms with Crippen LogP contribution in [0.4, 0.5) is 0 Å². The zero-order valence-corrected chi connectivity index (χ0v) is 19.3. The maximum absolute atomic E-state index is 12.7. The Morgan fingerprint density at radius 3 is 2.61 bits per heavy atom. The molecule has 0 aromatic heterocycles. The van der Waals surface area contributed by atoms with Crippen LogP contribution in [0, 0.1) is 0 Å². The van der Waals surface area contributed by atoms with Gasteiger partial charge in [-0.2, -0.15) is 0 Å². The summed E-state index contributed by atoms with van der Waals surface area (Å²) < 4.78 is 44.4. The summed E-state index contributed by atoms with van der Waals surface area (Å²) in [6, 6.07) is 10.3. The number of fused-ring (bicyclic) bond motifs is 1. The summed E-state index contributed by atoms with van der Waals surface area (Å²) in [5, 5.41) is 13.0. The normalized spacial score (nSPS) is 22.2. The van der Waals surface area contributed by atoms with Crippen LogP contribution in [0.15, 0.2) is 47.4 Å². The molecule has 3 atom stereocenters. The molecule has 0 bridgehead atoms. The van der Waals surface area contributed by atoms with Crippen molar-refractivity contribution in [2.45, 2.75) is 42.4 Å². The smallest absolute Gasteiger partial charge is 0.251 e. The molecule has 0 unspecified atom stereocenters. The third kappa shape index (κ3) is 5.77. The zero-order chi connectivity index (χ0) is 23.4. The second-order valence-corrected chi connectivity index (χ2v) is 10.0. The molecule has 0 aliphatic carbocycles. The van der Waals surface area contributed by atoms with Gasteiger partial charge in [-0.1, -0.05) is 11.6 Å². The molecule has 4 rings (SSSR count). The third-order valence-electron chi connectivity index (χ3n) is 5.61. The largest absolute Gasteiger partial charge is 0.454 e. The second-order valence-electron chi connectivity index (χ2n) is 7.85. The van der Waals surface area contributed by atoms with Gasteiger partial charge in [0, 0.05) is 17.1 Å². The Hall–Kier alpha value is -2.37. The van der Waals surface area contributed by atoms with Crippen molar-refractivity contribution in [1.82, 2.24) is 10.0 Å². The molecule has 2 aromatic carbocycles. The Kier molecular flexibility index (Phi) is 7.40. The van der Waals surface area contributed by atoms with E-state index in [2.05, 4.69) is 10.0 Å². The van der Waals surface area contributed by atoms with Gasteiger partial charge >= 0.3 is 0 Å². The van der Waals surface area contributed by atoms with Crippen LogP contribution in [0.25, 0.3) is 0 Å². The van der Waals surface area contributed by atoms with Crippen LogP contribution in [0.1, 0.15) is 29.6 Å². The molecule has 0 saturated carbocycles. The number of rotatable bonds is 8. The Morgan fingerprint density at radius 1 is 1.09 bits per heavy atom. The molecule has 11 heteroatoms. The molecule has 0 spiro atoms. The highest BCUT2D eigenvalue weighted by Crippen LogP contribution is 2.32. The Labute approximate surface area is 197 Å². The third-order valence-corrected chi connectivity index (χ3v) is 7.37. The second kappa shape index (κ2) is 10.3. The van der Waals surface area contributed by atoms with E-state index in [4.69, 9.17) is 25.8 Å². The maximum Gasteiger partial charge on any atom is 0.251 e. The predicted molar refractivity (Wildman–Crippen MR) is 120 cm³/mol. The molecule has 1 saturated heterocycles. The number of amides is 1. The molecule has 33 heavy (non-hydrogen) atoms. The summed E-state index contributed by atoms with van der Waals surface area (Å²) in [6.45, 7) is 0.188. The van der Waals surface area contributed by atoms with Crippen LogP contribution in [-0.2, 0) is 14.8 Å². The standard InChI is InChI=1S/C22H25ClN2O7S/c23-15-2-5-17(6-3-15)33(28,29)25-18-7-4-16(32-21(18)12-26)9-10-24-22(27)14-1-8-19-20(11-14)31-13-30-19/h1-3,5-6,8,11,16,18,21,25-26H,4,7,9-10,12-13H2,(H,24,27)/t16-,18+,21-/m1/s1. The molecule has 178 valence electrons. The van der Waals surface area contributed by atoms with Crippen LogP contribution in [0.3, 0.4) is 0 Å². The van der Waals surface area contributed by atoms with Gasteiger partial charge in [-0.25, -0.2) is 13.1 Å². The lowest BCUT2D eigenvalue weighted by atomic mass is 9.98. The molecule has 1 amide bonds. The van der Waals surface area contributed by atoms with Crippen molar-refractivity contribution in [3.05, 3.63) is 53.1 Å². The molecule has 0 radical (unpaired) electrons. The van der Waals surface area contributed by atoms with Crippen LogP contribution in [0.5, 0.6) is 11.5 Å². The summed E-state index contributed by atoms with van der Waals surface area (Å²) in [6.07, 6.45) is 0.720. The monoisotopic (exact) mass is 496 g/mol. The van der Waals surface area contributed by atoms with Gasteiger partial charge < -0.3 is 24.6 Å². The fraction of sp³-hybridized carbons (Fsp3) is 0.409. The number of hydrogen-bond donors (Lipinski definition) is 3. The van der Waals surface area contributed by atoms with E-state index < -0.39 is 22.2 Å². The summed E-state index contributed by atoms with van der Waals surface area (Å²) in [4.78, 5) is 12.5. The number of benzene rings is 2. The van der Waals surface area contributed by atoms with Gasteiger partial charge in [0.1, 0.15) is 0 Å². The molecule has 2 aromatic rings. The average Bonchev–Trinajstić information content (AvgIpc) is 3.28. The number of aliphatic hydroxyl groups excluding tert-OH is 1. The van der Waals surface area contributed by atoms with Crippen molar-refractivity contribution in [2.24, 2.45) is 0 Å². The first-order chi connectivity index (χ1) is 15.9. The Balaban J connectivity index is 1.27. The number of carbonyl (C=O) groups is 1. The van der Waals surface area contributed by atoms with Crippen LogP contribution < -0.4 is 19.5 Å². The Bertz CT molecular complexity index is 1090. The van der Waals surface area contributed by atoms with Gasteiger partial charge in [-0.15, -0.1) is 0 Å². The Morgan fingerprint density at radius 2 is 1.85 bits per heavy atom. The zero-order valence-electron chi connectivity index (χ0n) is 17.7. The summed E-state index contributed by atoms with van der Waals surface area (Å²) in [5.74, 6) is 0.908. The van der Waals surface area contributed by atoms with E-state index in [1.165, 1.54) is 24.3 Å². The minimum atomic E-state index is -3.78. The molecule has 1 fully saturated rings. The van der Waals surface area contributed by atoms with Gasteiger partial charge in [-0.05, 0) is 61.7 Å². The predicted octanol–water partition coefficient (Wildman–Crippen LogP) is 2.08. The number of nitrogens with one attached hydrogen (secondary N) is 2. The molecule has 2 aliphatic heterocycles. The first kappa shape index (κ1) is 23.8. The first-order valence-electron chi connectivity index (χ1n) is 10.6. The number of aliphatic hydroxyl groups is 1. The van der Waals surface area contributed by atoms with Crippen molar-refractivity contribution >= 4 is 27.5 Å². The van der Waals surface area contributed by atoms with E-state index in [1.54, 1.807) is 18.2 Å². The number of hydrogen-bond acceptors (Lipinski definition) is 7. The summed E-state index contributed by atoms with van der Waals surface area (Å²) in [5.41, 5.74) is 0.466. The van der Waals surface area contributed by atoms with Crippen molar-refractivity contribution in [2.75, 3.05) is 19.9 Å². The van der Waals surface area contributed by atoms with Gasteiger partial charge in [-0.3, -0.25) is 4.79 Å². The molecular formula is C22H25ClN2O7S. The van der Waals surface area contributed by atoms with Gasteiger partial charge in [0.05, 0.1) is 29.8 Å². The van der Waals surface area contributed by atoms with E-state index in [0.29, 0.717) is 47.9 Å². The topological polar surface area (TPSA) is 123 Å². The summed E-state index contributed by atoms with van der Waals surface area (Å²) in [7, 11) is -3.78. The lowest BCUT2D eigenvalue weighted by molar-refractivity contribution is -0.0871. The van der Waals surface area contributed by atoms with Crippen molar-refractivity contribution < 1.29 is 32.5 Å². The van der Waals surface area contributed by atoms with E-state index >= 15 is 0 Å². The number of halogens is 1. The highest BCUT2D eigenvalue weighted by Gasteiger charge is 2.34. The molecule has 9 nitrogen and oxygen atoms in total. The van der Waals surface area contributed by atoms with E-state index in [-0.39, 0.29) is 30.3 Å². The van der Waals surface area contributed by atoms with E-state index in [0.717, 1.165) is 0 Å². The molecule has 3 N–H and O–H groups in total. The minimum Gasteiger partial charge on any atom is -0.454 e. The minimum absolute atomic E-state index is 0.0944. The number of ether oxygens (including phenoxy) is 3. The SMILES string of the molecule is O=C(NCC[C@H]1CC[C@H](NS(=O)(=O)c2ccc(Cl)cc2)[C@@H](CO)O1)c1ccc2c(c1)OCO2. The maximum atomic E-state index is 12.7. The lowest BCUT2D eigenvalue weighted by Gasteiger charge is -2.36. The fourth-order valence-corrected chi connectivity index (χ4v) is 5.27. The quantitative estimate of drug-likeness (QED) is 0.511. The van der Waals surface area contributed by atoms with E-state index in [1.807, 2.05) is 0 Å². The van der Waals surface area contributed by atoms with Gasteiger partial charge in [0.15, 0.2) is 11.5 Å². The summed E-state index contributed by atoms with van der Waals surface area (Å²) >= 11 is 5.83. The van der Waals surface area contributed by atoms with Crippen molar-refractivity contribution in [3.63, 3.8) is 0 Å². The number of sulfonamides is 1. The fourth-order valence-electron chi connectivity index (χ4n) is 3.85. The van der Waals surface area contributed by atoms with Crippen LogP contribution >= 0.6 is 11.6 Å². The van der Waals surface area contributed by atoms with Crippen LogP contribution in [-0.4, -0.2) is 57.6 Å². The highest BCUT2D eigenvalue weighted by atomic mass is 35.5. The highest BCUT2D eigenvalue weighted by molar-refractivity contribution is 7.89. The van der Waals surface area contributed by atoms with Gasteiger partial charge in [0.2, 0.25) is 16.8 Å². The number of carbonyl (C=O) groups excluding carboxylic acids is 1. The van der Waals surface area contributed by atoms with Crippen molar-refractivity contribution in [3.8, 4) is 11.5 Å².